The van der Waals surface area contributed by atoms with E-state index in [0.717, 1.165) is 19.5 Å². The van der Waals surface area contributed by atoms with Crippen LogP contribution in [0, 0.1) is 0 Å². The van der Waals surface area contributed by atoms with Crippen molar-refractivity contribution in [3.8, 4) is 0 Å². The van der Waals surface area contributed by atoms with Gasteiger partial charge in [0.2, 0.25) is 0 Å². The Balaban J connectivity index is 0. The summed E-state index contributed by atoms with van der Waals surface area (Å²) in [5.74, 6) is 5.29. The number of rotatable bonds is 1. The first-order chi connectivity index (χ1) is 4.43. The van der Waals surface area contributed by atoms with E-state index >= 15 is 0 Å². The van der Waals surface area contributed by atoms with Crippen LogP contribution in [0.1, 0.15) is 19.3 Å². The van der Waals surface area contributed by atoms with Crippen LogP contribution in [-0.4, -0.2) is 19.1 Å². The van der Waals surface area contributed by atoms with E-state index in [0.29, 0.717) is 6.04 Å². The molecule has 1 unspecified atom stereocenters. The Morgan fingerprint density at radius 2 is 1.91 bits per heavy atom. The standard InChI is InChI=1S/C6H15N3.2ClH/c7-9-6-2-1-4-8-5-3-6;;/h6,8-9H,1-5,7H2;2*1H. The van der Waals surface area contributed by atoms with Crippen molar-refractivity contribution in [3.05, 3.63) is 0 Å². The van der Waals surface area contributed by atoms with Gasteiger partial charge >= 0.3 is 0 Å². The van der Waals surface area contributed by atoms with Crippen LogP contribution in [0.25, 0.3) is 0 Å². The van der Waals surface area contributed by atoms with Crippen LogP contribution in [0.15, 0.2) is 0 Å². The average Bonchev–Trinajstić information content (AvgIpc) is 2.13. The molecule has 3 nitrogen and oxygen atoms in total. The summed E-state index contributed by atoms with van der Waals surface area (Å²) in [4.78, 5) is 0. The second-order valence-corrected chi connectivity index (χ2v) is 2.54. The second kappa shape index (κ2) is 8.56. The summed E-state index contributed by atoms with van der Waals surface area (Å²) in [6, 6.07) is 0.542. The summed E-state index contributed by atoms with van der Waals surface area (Å²) in [6.07, 6.45) is 3.62. The van der Waals surface area contributed by atoms with Crippen LogP contribution in [-0.2, 0) is 0 Å². The van der Waals surface area contributed by atoms with E-state index in [1.54, 1.807) is 0 Å². The minimum absolute atomic E-state index is 0. The molecule has 0 aromatic carbocycles. The molecule has 1 aliphatic heterocycles. The molecule has 1 aliphatic rings. The molecule has 1 atom stereocenters. The highest BCUT2D eigenvalue weighted by Gasteiger charge is 2.08. The SMILES string of the molecule is Cl.Cl.NNC1CCCNCC1. The van der Waals surface area contributed by atoms with Gasteiger partial charge in [0.1, 0.15) is 0 Å². The minimum Gasteiger partial charge on any atom is -0.317 e. The Morgan fingerprint density at radius 1 is 1.18 bits per heavy atom. The van der Waals surface area contributed by atoms with Crippen molar-refractivity contribution in [1.29, 1.82) is 0 Å². The lowest BCUT2D eigenvalue weighted by atomic mass is 10.1. The van der Waals surface area contributed by atoms with Crippen LogP contribution in [0.4, 0.5) is 0 Å². The lowest BCUT2D eigenvalue weighted by Gasteiger charge is -2.10. The number of hydrogen-bond donors (Lipinski definition) is 3. The maximum atomic E-state index is 5.29. The highest BCUT2D eigenvalue weighted by molar-refractivity contribution is 5.85. The fourth-order valence-corrected chi connectivity index (χ4v) is 1.19. The molecule has 70 valence electrons. The van der Waals surface area contributed by atoms with Crippen molar-refractivity contribution in [1.82, 2.24) is 10.7 Å². The van der Waals surface area contributed by atoms with E-state index < -0.39 is 0 Å². The van der Waals surface area contributed by atoms with E-state index in [1.165, 1.54) is 12.8 Å². The summed E-state index contributed by atoms with van der Waals surface area (Å²) in [6.45, 7) is 2.26. The van der Waals surface area contributed by atoms with Gasteiger partial charge in [-0.25, -0.2) is 0 Å². The molecule has 0 radical (unpaired) electrons. The molecule has 0 bridgehead atoms. The summed E-state index contributed by atoms with van der Waals surface area (Å²) in [5.41, 5.74) is 2.80. The summed E-state index contributed by atoms with van der Waals surface area (Å²) in [5, 5.41) is 3.32. The summed E-state index contributed by atoms with van der Waals surface area (Å²) >= 11 is 0. The van der Waals surface area contributed by atoms with Crippen LogP contribution in [0.3, 0.4) is 0 Å². The van der Waals surface area contributed by atoms with Gasteiger partial charge in [-0.1, -0.05) is 0 Å². The minimum atomic E-state index is 0. The molecule has 1 rings (SSSR count). The van der Waals surface area contributed by atoms with Crippen LogP contribution < -0.4 is 16.6 Å². The predicted molar refractivity (Wildman–Crippen MR) is 52.3 cm³/mol. The topological polar surface area (TPSA) is 50.1 Å². The highest BCUT2D eigenvalue weighted by Crippen LogP contribution is 2.02. The molecule has 4 N–H and O–H groups in total. The number of hydrogen-bond acceptors (Lipinski definition) is 3. The number of nitrogens with one attached hydrogen (secondary N) is 2. The van der Waals surface area contributed by atoms with E-state index in [4.69, 9.17) is 5.84 Å². The molecule has 0 saturated carbocycles. The van der Waals surface area contributed by atoms with Crippen LogP contribution in [0.5, 0.6) is 0 Å². The number of nitrogens with two attached hydrogens (primary N) is 1. The van der Waals surface area contributed by atoms with Crippen molar-refractivity contribution in [2.75, 3.05) is 13.1 Å². The van der Waals surface area contributed by atoms with E-state index in [2.05, 4.69) is 10.7 Å². The van der Waals surface area contributed by atoms with Crippen molar-refractivity contribution < 1.29 is 0 Å². The summed E-state index contributed by atoms with van der Waals surface area (Å²) in [7, 11) is 0. The average molecular weight is 202 g/mol. The maximum Gasteiger partial charge on any atom is 0.0223 e. The van der Waals surface area contributed by atoms with Gasteiger partial charge in [-0.3, -0.25) is 11.3 Å². The molecular weight excluding hydrogens is 185 g/mol. The molecule has 0 spiro atoms. The predicted octanol–water partition coefficient (Wildman–Crippen LogP) is 0.435. The van der Waals surface area contributed by atoms with Gasteiger partial charge in [0, 0.05) is 6.04 Å². The molecule has 0 aromatic rings. The first-order valence-corrected chi connectivity index (χ1v) is 3.60. The van der Waals surface area contributed by atoms with Crippen molar-refractivity contribution in [2.24, 2.45) is 5.84 Å². The van der Waals surface area contributed by atoms with Gasteiger partial charge in [-0.05, 0) is 32.4 Å². The molecule has 0 aliphatic carbocycles. The molecule has 5 heteroatoms. The smallest absolute Gasteiger partial charge is 0.0223 e. The Hall–Kier alpha value is 0.460. The third-order valence-electron chi connectivity index (χ3n) is 1.81. The first-order valence-electron chi connectivity index (χ1n) is 3.60. The van der Waals surface area contributed by atoms with E-state index in [1.807, 2.05) is 0 Å². The number of hydrazine groups is 1. The fraction of sp³-hybridized carbons (Fsp3) is 1.00. The zero-order valence-electron chi connectivity index (χ0n) is 6.51. The third-order valence-corrected chi connectivity index (χ3v) is 1.81. The number of halogens is 2. The van der Waals surface area contributed by atoms with Crippen molar-refractivity contribution in [2.45, 2.75) is 25.3 Å². The Bertz CT molecular complexity index is 74.2. The Morgan fingerprint density at radius 3 is 2.55 bits per heavy atom. The zero-order chi connectivity index (χ0) is 6.53. The Kier molecular flexibility index (Phi) is 10.9. The lowest BCUT2D eigenvalue weighted by Crippen LogP contribution is -2.35. The third kappa shape index (κ3) is 5.70. The van der Waals surface area contributed by atoms with Gasteiger partial charge in [-0.15, -0.1) is 24.8 Å². The molecular formula is C6H17Cl2N3. The van der Waals surface area contributed by atoms with Gasteiger partial charge in [0.15, 0.2) is 0 Å². The molecule has 0 amide bonds. The molecule has 11 heavy (non-hydrogen) atoms. The molecule has 1 fully saturated rings. The van der Waals surface area contributed by atoms with Gasteiger partial charge < -0.3 is 5.32 Å². The van der Waals surface area contributed by atoms with Gasteiger partial charge in [0.05, 0.1) is 0 Å². The lowest BCUT2D eigenvalue weighted by molar-refractivity contribution is 0.483. The van der Waals surface area contributed by atoms with Crippen LogP contribution in [0.2, 0.25) is 0 Å². The molecule has 1 heterocycles. The highest BCUT2D eigenvalue weighted by atomic mass is 35.5. The summed E-state index contributed by atoms with van der Waals surface area (Å²) < 4.78 is 0. The Labute approximate surface area is 80.3 Å². The van der Waals surface area contributed by atoms with Crippen molar-refractivity contribution in [3.63, 3.8) is 0 Å². The first kappa shape index (κ1) is 14.0. The van der Waals surface area contributed by atoms with Gasteiger partial charge in [-0.2, -0.15) is 0 Å². The zero-order valence-corrected chi connectivity index (χ0v) is 8.14. The molecule has 0 aromatic heterocycles. The van der Waals surface area contributed by atoms with Crippen LogP contribution >= 0.6 is 24.8 Å². The molecule has 1 saturated heterocycles. The van der Waals surface area contributed by atoms with Crippen molar-refractivity contribution >= 4 is 24.8 Å². The van der Waals surface area contributed by atoms with Gasteiger partial charge in [0.25, 0.3) is 0 Å². The quantitative estimate of drug-likeness (QED) is 0.427. The van der Waals surface area contributed by atoms with E-state index in [-0.39, 0.29) is 24.8 Å². The van der Waals surface area contributed by atoms with E-state index in [9.17, 15) is 0 Å². The monoisotopic (exact) mass is 201 g/mol. The largest absolute Gasteiger partial charge is 0.317 e. The second-order valence-electron chi connectivity index (χ2n) is 2.54. The normalized spacial score (nSPS) is 24.3. The fourth-order valence-electron chi connectivity index (χ4n) is 1.19. The maximum absolute atomic E-state index is 5.29.